The zero-order chi connectivity index (χ0) is 19.1. The third-order valence-electron chi connectivity index (χ3n) is 4.64. The monoisotopic (exact) mass is 358 g/mol. The first kappa shape index (κ1) is 18.7. The maximum Gasteiger partial charge on any atom is 0.322 e. The maximum absolute atomic E-state index is 13.0. The molecule has 3 aromatic rings. The number of rotatable bonds is 6. The number of carbonyl (C=O) groups excluding carboxylic acids is 1. The van der Waals surface area contributed by atoms with Crippen molar-refractivity contribution in [2.75, 3.05) is 11.9 Å². The molecule has 0 saturated heterocycles. The summed E-state index contributed by atoms with van der Waals surface area (Å²) >= 11 is 0. The van der Waals surface area contributed by atoms with E-state index in [-0.39, 0.29) is 6.03 Å². The molecule has 0 radical (unpaired) electrons. The number of urea groups is 1. The molecule has 0 unspecified atom stereocenters. The van der Waals surface area contributed by atoms with Crippen molar-refractivity contribution in [2.24, 2.45) is 0 Å². The highest BCUT2D eigenvalue weighted by Crippen LogP contribution is 2.17. The average Bonchev–Trinajstić information content (AvgIpc) is 2.69. The van der Waals surface area contributed by atoms with Gasteiger partial charge in [-0.15, -0.1) is 0 Å². The Hall–Kier alpha value is -3.07. The fourth-order valence-corrected chi connectivity index (χ4v) is 3.11. The van der Waals surface area contributed by atoms with Crippen molar-refractivity contribution in [1.29, 1.82) is 0 Å². The topological polar surface area (TPSA) is 32.3 Å². The number of nitrogens with one attached hydrogen (secondary N) is 1. The Morgan fingerprint density at radius 1 is 0.852 bits per heavy atom. The summed E-state index contributed by atoms with van der Waals surface area (Å²) < 4.78 is 0. The first-order chi connectivity index (χ1) is 13.1. The second-order valence-electron chi connectivity index (χ2n) is 6.89. The van der Waals surface area contributed by atoms with Gasteiger partial charge < -0.3 is 10.2 Å². The van der Waals surface area contributed by atoms with Crippen LogP contribution in [-0.2, 0) is 13.0 Å². The van der Waals surface area contributed by atoms with E-state index in [1.807, 2.05) is 60.4 Å². The molecular formula is C24H26N2O. The van der Waals surface area contributed by atoms with E-state index in [2.05, 4.69) is 42.6 Å². The highest BCUT2D eigenvalue weighted by molar-refractivity contribution is 5.90. The van der Waals surface area contributed by atoms with Crippen LogP contribution < -0.4 is 5.32 Å². The number of hydrogen-bond donors (Lipinski definition) is 1. The molecule has 0 fully saturated rings. The first-order valence-corrected chi connectivity index (χ1v) is 9.33. The van der Waals surface area contributed by atoms with E-state index in [1.165, 1.54) is 11.1 Å². The van der Waals surface area contributed by atoms with Crippen molar-refractivity contribution in [3.63, 3.8) is 0 Å². The van der Waals surface area contributed by atoms with Crippen LogP contribution in [-0.4, -0.2) is 17.5 Å². The Morgan fingerprint density at radius 2 is 1.48 bits per heavy atom. The fraction of sp³-hybridized carbons (Fsp3) is 0.208. The lowest BCUT2D eigenvalue weighted by atomic mass is 10.1. The number of amides is 2. The molecule has 3 aromatic carbocycles. The average molecular weight is 358 g/mol. The van der Waals surface area contributed by atoms with Gasteiger partial charge in [-0.05, 0) is 43.0 Å². The number of anilines is 1. The molecule has 27 heavy (non-hydrogen) atoms. The highest BCUT2D eigenvalue weighted by atomic mass is 16.2. The molecular weight excluding hydrogens is 332 g/mol. The predicted octanol–water partition coefficient (Wildman–Crippen LogP) is 5.58. The lowest BCUT2D eigenvalue weighted by Gasteiger charge is -2.24. The smallest absolute Gasteiger partial charge is 0.320 e. The third kappa shape index (κ3) is 5.45. The third-order valence-corrected chi connectivity index (χ3v) is 4.64. The summed E-state index contributed by atoms with van der Waals surface area (Å²) in [5.41, 5.74) is 5.49. The van der Waals surface area contributed by atoms with Crippen LogP contribution in [0.25, 0.3) is 0 Å². The van der Waals surface area contributed by atoms with Crippen LogP contribution >= 0.6 is 0 Å². The minimum Gasteiger partial charge on any atom is -0.320 e. The van der Waals surface area contributed by atoms with E-state index in [9.17, 15) is 4.79 Å². The van der Waals surface area contributed by atoms with E-state index < -0.39 is 0 Å². The van der Waals surface area contributed by atoms with Gasteiger partial charge in [0.05, 0.1) is 0 Å². The Bertz CT molecular complexity index is 875. The van der Waals surface area contributed by atoms with E-state index in [1.54, 1.807) is 0 Å². The molecule has 0 aliphatic carbocycles. The molecule has 0 saturated carbocycles. The molecule has 0 heterocycles. The van der Waals surface area contributed by atoms with Crippen molar-refractivity contribution in [3.05, 3.63) is 101 Å². The lowest BCUT2D eigenvalue weighted by molar-refractivity contribution is 0.210. The van der Waals surface area contributed by atoms with Gasteiger partial charge in [-0.2, -0.15) is 0 Å². The van der Waals surface area contributed by atoms with Gasteiger partial charge in [0.25, 0.3) is 0 Å². The van der Waals surface area contributed by atoms with Crippen molar-refractivity contribution in [3.8, 4) is 0 Å². The van der Waals surface area contributed by atoms with Crippen molar-refractivity contribution in [1.82, 2.24) is 4.90 Å². The second kappa shape index (κ2) is 9.04. The van der Waals surface area contributed by atoms with Crippen LogP contribution in [0.5, 0.6) is 0 Å². The molecule has 0 aliphatic heterocycles. The minimum absolute atomic E-state index is 0.0678. The zero-order valence-corrected chi connectivity index (χ0v) is 16.0. The summed E-state index contributed by atoms with van der Waals surface area (Å²) in [5, 5.41) is 3.08. The van der Waals surface area contributed by atoms with E-state index in [4.69, 9.17) is 0 Å². The molecule has 0 aromatic heterocycles. The first-order valence-electron chi connectivity index (χ1n) is 9.33. The summed E-state index contributed by atoms with van der Waals surface area (Å²) in [7, 11) is 0. The van der Waals surface area contributed by atoms with Crippen LogP contribution in [0.4, 0.5) is 10.5 Å². The van der Waals surface area contributed by atoms with Gasteiger partial charge in [0, 0.05) is 18.8 Å². The Labute approximate surface area is 161 Å². The molecule has 138 valence electrons. The number of nitrogens with zero attached hydrogens (tertiary/aromatic N) is 1. The Morgan fingerprint density at radius 3 is 2.11 bits per heavy atom. The molecule has 1 N–H and O–H groups in total. The molecule has 2 amide bonds. The minimum atomic E-state index is -0.0678. The van der Waals surface area contributed by atoms with Gasteiger partial charge in [0.2, 0.25) is 0 Å². The number of benzene rings is 3. The normalized spacial score (nSPS) is 10.4. The van der Waals surface area contributed by atoms with E-state index in [0.29, 0.717) is 13.1 Å². The second-order valence-corrected chi connectivity index (χ2v) is 6.89. The van der Waals surface area contributed by atoms with E-state index >= 15 is 0 Å². The quantitative estimate of drug-likeness (QED) is 0.613. The van der Waals surface area contributed by atoms with Gasteiger partial charge in [-0.1, -0.05) is 78.4 Å². The summed E-state index contributed by atoms with van der Waals surface area (Å²) in [6, 6.07) is 26.4. The van der Waals surface area contributed by atoms with Crippen LogP contribution in [0.3, 0.4) is 0 Å². The van der Waals surface area contributed by atoms with Crippen LogP contribution in [0, 0.1) is 13.8 Å². The largest absolute Gasteiger partial charge is 0.322 e. The number of aryl methyl sites for hydroxylation is 2. The highest BCUT2D eigenvalue weighted by Gasteiger charge is 2.15. The van der Waals surface area contributed by atoms with Gasteiger partial charge in [0.15, 0.2) is 0 Å². The van der Waals surface area contributed by atoms with Gasteiger partial charge in [-0.25, -0.2) is 4.79 Å². The summed E-state index contributed by atoms with van der Waals surface area (Å²) in [6.07, 6.45) is 0.827. The molecule has 0 atom stereocenters. The van der Waals surface area contributed by atoms with Crippen LogP contribution in [0.2, 0.25) is 0 Å². The van der Waals surface area contributed by atoms with Crippen molar-refractivity contribution < 1.29 is 4.79 Å². The van der Waals surface area contributed by atoms with Crippen molar-refractivity contribution >= 4 is 11.7 Å². The zero-order valence-electron chi connectivity index (χ0n) is 16.0. The fourth-order valence-electron chi connectivity index (χ4n) is 3.11. The van der Waals surface area contributed by atoms with E-state index in [0.717, 1.165) is 23.2 Å². The molecule has 3 heteroatoms. The maximum atomic E-state index is 13.0. The molecule has 0 spiro atoms. The SMILES string of the molecule is Cc1ccc(NC(=O)N(CCc2ccccc2)Cc2ccccc2)c(C)c1. The van der Waals surface area contributed by atoms with Crippen LogP contribution in [0.15, 0.2) is 78.9 Å². The lowest BCUT2D eigenvalue weighted by Crippen LogP contribution is -2.36. The predicted molar refractivity (Wildman–Crippen MR) is 112 cm³/mol. The van der Waals surface area contributed by atoms with Gasteiger partial charge in [-0.3, -0.25) is 0 Å². The Kier molecular flexibility index (Phi) is 6.26. The van der Waals surface area contributed by atoms with Crippen molar-refractivity contribution in [2.45, 2.75) is 26.8 Å². The van der Waals surface area contributed by atoms with Gasteiger partial charge in [0.1, 0.15) is 0 Å². The number of carbonyl (C=O) groups is 1. The standard InChI is InChI=1S/C24H26N2O/c1-19-13-14-23(20(2)17-19)25-24(27)26(18-22-11-7-4-8-12-22)16-15-21-9-5-3-6-10-21/h3-14,17H,15-16,18H2,1-2H3,(H,25,27). The summed E-state index contributed by atoms with van der Waals surface area (Å²) in [4.78, 5) is 14.9. The summed E-state index contributed by atoms with van der Waals surface area (Å²) in [6.45, 7) is 5.33. The number of hydrogen-bond acceptors (Lipinski definition) is 1. The molecule has 3 rings (SSSR count). The van der Waals surface area contributed by atoms with Gasteiger partial charge >= 0.3 is 6.03 Å². The molecule has 0 aliphatic rings. The molecule has 3 nitrogen and oxygen atoms in total. The van der Waals surface area contributed by atoms with Crippen LogP contribution in [0.1, 0.15) is 22.3 Å². The molecule has 0 bridgehead atoms. The Balaban J connectivity index is 1.74. The summed E-state index contributed by atoms with van der Waals surface area (Å²) in [5.74, 6) is 0.